The Morgan fingerprint density at radius 3 is 2.55 bits per heavy atom. The predicted molar refractivity (Wildman–Crippen MR) is 68.7 cm³/mol. The van der Waals surface area contributed by atoms with Gasteiger partial charge in [-0.25, -0.2) is 4.39 Å². The fraction of sp³-hybridized carbons (Fsp3) is 0.250. The molecular formula is C12H10BrF4NO2. The van der Waals surface area contributed by atoms with Crippen LogP contribution in [0.25, 0.3) is 0 Å². The second-order valence-corrected chi connectivity index (χ2v) is 4.80. The summed E-state index contributed by atoms with van der Waals surface area (Å²) in [5.74, 6) is -4.90. The lowest BCUT2D eigenvalue weighted by Crippen LogP contribution is -2.23. The van der Waals surface area contributed by atoms with Crippen molar-refractivity contribution < 1.29 is 27.5 Å². The van der Waals surface area contributed by atoms with Crippen molar-refractivity contribution in [3.05, 3.63) is 40.3 Å². The topological polar surface area (TPSA) is 49.3 Å². The monoisotopic (exact) mass is 355 g/mol. The summed E-state index contributed by atoms with van der Waals surface area (Å²) in [6.07, 6.45) is -4.23. The third-order valence-corrected chi connectivity index (χ3v) is 3.04. The number of allylic oxidation sites excluding steroid dienone is 1. The molecule has 0 aliphatic rings. The SMILES string of the molecule is CC(/C(O)=C/C(=O)Nc1ccc(Br)c(F)c1)C(F)(F)F. The number of aliphatic hydroxyl groups excluding tert-OH is 1. The molecule has 1 atom stereocenters. The first-order valence-electron chi connectivity index (χ1n) is 5.34. The third-order valence-electron chi connectivity index (χ3n) is 2.40. The maximum atomic E-state index is 13.2. The minimum absolute atomic E-state index is 0.0550. The number of carbonyl (C=O) groups is 1. The molecule has 0 saturated heterocycles. The average Bonchev–Trinajstić information content (AvgIpc) is 2.31. The number of alkyl halides is 3. The number of benzene rings is 1. The van der Waals surface area contributed by atoms with Gasteiger partial charge in [0.2, 0.25) is 0 Å². The Labute approximate surface area is 120 Å². The first kappa shape index (κ1) is 16.5. The number of halogens is 5. The summed E-state index contributed by atoms with van der Waals surface area (Å²) in [6, 6.07) is 3.66. The van der Waals surface area contributed by atoms with Crippen LogP contribution < -0.4 is 5.32 Å². The van der Waals surface area contributed by atoms with Crippen molar-refractivity contribution in [3.63, 3.8) is 0 Å². The summed E-state index contributed by atoms with van der Waals surface area (Å²) in [4.78, 5) is 11.4. The van der Waals surface area contributed by atoms with Gasteiger partial charge in [-0.2, -0.15) is 13.2 Å². The molecule has 0 aliphatic heterocycles. The van der Waals surface area contributed by atoms with Crippen LogP contribution in [0, 0.1) is 11.7 Å². The van der Waals surface area contributed by atoms with E-state index in [9.17, 15) is 27.5 Å². The summed E-state index contributed by atoms with van der Waals surface area (Å²) in [5.41, 5.74) is 0.0550. The van der Waals surface area contributed by atoms with Crippen LogP contribution in [0.3, 0.4) is 0 Å². The maximum absolute atomic E-state index is 13.2. The molecule has 3 nitrogen and oxygen atoms in total. The van der Waals surface area contributed by atoms with Crippen molar-refractivity contribution in [2.45, 2.75) is 13.1 Å². The van der Waals surface area contributed by atoms with Crippen molar-refractivity contribution in [2.75, 3.05) is 5.32 Å². The summed E-state index contributed by atoms with van der Waals surface area (Å²) in [7, 11) is 0. The molecule has 0 radical (unpaired) electrons. The number of nitrogens with one attached hydrogen (secondary N) is 1. The molecule has 0 fully saturated rings. The lowest BCUT2D eigenvalue weighted by molar-refractivity contribution is -0.166. The van der Waals surface area contributed by atoms with Crippen LogP contribution in [0.4, 0.5) is 23.2 Å². The van der Waals surface area contributed by atoms with E-state index in [0.29, 0.717) is 6.08 Å². The van der Waals surface area contributed by atoms with Crippen LogP contribution in [0.15, 0.2) is 34.5 Å². The number of aliphatic hydroxyl groups is 1. The molecule has 1 rings (SSSR count). The summed E-state index contributed by atoms with van der Waals surface area (Å²) in [6.45, 7) is 0.721. The number of hydrogen-bond donors (Lipinski definition) is 2. The highest BCUT2D eigenvalue weighted by Gasteiger charge is 2.38. The van der Waals surface area contributed by atoms with Gasteiger partial charge < -0.3 is 10.4 Å². The molecule has 0 aliphatic carbocycles. The van der Waals surface area contributed by atoms with Gasteiger partial charge in [-0.05, 0) is 41.1 Å². The van der Waals surface area contributed by atoms with Crippen molar-refractivity contribution >= 4 is 27.5 Å². The van der Waals surface area contributed by atoms with Crippen LogP contribution in [-0.2, 0) is 4.79 Å². The van der Waals surface area contributed by atoms with Gasteiger partial charge in [-0.3, -0.25) is 4.79 Å². The van der Waals surface area contributed by atoms with Gasteiger partial charge in [-0.15, -0.1) is 0 Å². The zero-order valence-electron chi connectivity index (χ0n) is 10.1. The zero-order valence-corrected chi connectivity index (χ0v) is 11.7. The highest BCUT2D eigenvalue weighted by molar-refractivity contribution is 9.10. The van der Waals surface area contributed by atoms with E-state index in [1.807, 2.05) is 0 Å². The van der Waals surface area contributed by atoms with E-state index in [-0.39, 0.29) is 10.2 Å². The molecule has 1 aromatic rings. The normalized spacial score (nSPS) is 14.0. The molecule has 0 saturated carbocycles. The number of hydrogen-bond acceptors (Lipinski definition) is 2. The lowest BCUT2D eigenvalue weighted by atomic mass is 10.1. The molecule has 110 valence electrons. The Morgan fingerprint density at radius 1 is 1.45 bits per heavy atom. The Morgan fingerprint density at radius 2 is 2.05 bits per heavy atom. The van der Waals surface area contributed by atoms with Gasteiger partial charge in [0, 0.05) is 11.8 Å². The van der Waals surface area contributed by atoms with Gasteiger partial charge in [0.15, 0.2) is 0 Å². The summed E-state index contributed by atoms with van der Waals surface area (Å²) in [5, 5.41) is 11.3. The molecule has 8 heteroatoms. The third kappa shape index (κ3) is 4.52. The summed E-state index contributed by atoms with van der Waals surface area (Å²) >= 11 is 2.91. The largest absolute Gasteiger partial charge is 0.511 e. The fourth-order valence-corrected chi connectivity index (χ4v) is 1.43. The zero-order chi connectivity index (χ0) is 15.5. The number of amides is 1. The molecule has 20 heavy (non-hydrogen) atoms. The van der Waals surface area contributed by atoms with Gasteiger partial charge in [-0.1, -0.05) is 0 Å². The first-order chi connectivity index (χ1) is 9.11. The van der Waals surface area contributed by atoms with E-state index < -0.39 is 29.6 Å². The number of rotatable bonds is 3. The minimum atomic E-state index is -4.65. The molecule has 0 bridgehead atoms. The Hall–Kier alpha value is -1.57. The quantitative estimate of drug-likeness (QED) is 0.485. The van der Waals surface area contributed by atoms with E-state index in [0.717, 1.165) is 13.0 Å². The van der Waals surface area contributed by atoms with Gasteiger partial charge in [0.25, 0.3) is 5.91 Å². The Bertz CT molecular complexity index is 543. The maximum Gasteiger partial charge on any atom is 0.398 e. The summed E-state index contributed by atoms with van der Waals surface area (Å²) < 4.78 is 50.2. The van der Waals surface area contributed by atoms with Crippen LogP contribution in [-0.4, -0.2) is 17.2 Å². The average molecular weight is 356 g/mol. The van der Waals surface area contributed by atoms with Crippen LogP contribution in [0.5, 0.6) is 0 Å². The smallest absolute Gasteiger partial charge is 0.398 e. The van der Waals surface area contributed by atoms with Gasteiger partial charge in [0.05, 0.1) is 4.47 Å². The predicted octanol–water partition coefficient (Wildman–Crippen LogP) is 4.17. The second kappa shape index (κ2) is 6.25. The molecular weight excluding hydrogens is 346 g/mol. The molecule has 2 N–H and O–H groups in total. The lowest BCUT2D eigenvalue weighted by Gasteiger charge is -2.14. The Kier molecular flexibility index (Phi) is 5.15. The second-order valence-electron chi connectivity index (χ2n) is 3.95. The van der Waals surface area contributed by atoms with E-state index in [1.54, 1.807) is 0 Å². The van der Waals surface area contributed by atoms with Crippen molar-refractivity contribution in [1.29, 1.82) is 0 Å². The fourth-order valence-electron chi connectivity index (χ4n) is 1.18. The minimum Gasteiger partial charge on any atom is -0.511 e. The molecule has 0 heterocycles. The highest BCUT2D eigenvalue weighted by Crippen LogP contribution is 2.30. The standard InChI is InChI=1S/C12H10BrF4NO2/c1-6(12(15,16)17)10(19)5-11(20)18-7-2-3-8(13)9(14)4-7/h2-6,19H,1H3,(H,18,20)/b10-5-. The van der Waals surface area contributed by atoms with Crippen molar-refractivity contribution in [1.82, 2.24) is 0 Å². The Balaban J connectivity index is 2.79. The van der Waals surface area contributed by atoms with Crippen molar-refractivity contribution in [2.24, 2.45) is 5.92 Å². The van der Waals surface area contributed by atoms with Crippen LogP contribution in [0.1, 0.15) is 6.92 Å². The number of carbonyl (C=O) groups excluding carboxylic acids is 1. The van der Waals surface area contributed by atoms with E-state index in [1.165, 1.54) is 12.1 Å². The van der Waals surface area contributed by atoms with Crippen molar-refractivity contribution in [3.8, 4) is 0 Å². The van der Waals surface area contributed by atoms with Gasteiger partial charge >= 0.3 is 6.18 Å². The van der Waals surface area contributed by atoms with Crippen LogP contribution >= 0.6 is 15.9 Å². The molecule has 0 spiro atoms. The highest BCUT2D eigenvalue weighted by atomic mass is 79.9. The van der Waals surface area contributed by atoms with E-state index in [4.69, 9.17) is 0 Å². The first-order valence-corrected chi connectivity index (χ1v) is 6.14. The van der Waals surface area contributed by atoms with Crippen LogP contribution in [0.2, 0.25) is 0 Å². The molecule has 1 unspecified atom stereocenters. The van der Waals surface area contributed by atoms with E-state index in [2.05, 4.69) is 21.2 Å². The molecule has 0 aromatic heterocycles. The van der Waals surface area contributed by atoms with Gasteiger partial charge in [0.1, 0.15) is 17.5 Å². The number of anilines is 1. The molecule has 1 aromatic carbocycles. The molecule has 1 amide bonds. The van der Waals surface area contributed by atoms with E-state index >= 15 is 0 Å².